The summed E-state index contributed by atoms with van der Waals surface area (Å²) in [7, 11) is 3.54. The molecule has 0 spiro atoms. The molecule has 16 heavy (non-hydrogen) atoms. The van der Waals surface area contributed by atoms with Crippen molar-refractivity contribution in [3.8, 4) is 0 Å². The molecule has 5 heteroatoms. The van der Waals surface area contributed by atoms with Crippen molar-refractivity contribution in [2.45, 2.75) is 26.8 Å². The lowest BCUT2D eigenvalue weighted by Crippen LogP contribution is -2.58. The van der Waals surface area contributed by atoms with Crippen molar-refractivity contribution in [3.05, 3.63) is 0 Å². The van der Waals surface area contributed by atoms with E-state index in [1.165, 1.54) is 6.92 Å². The molecule has 0 aliphatic carbocycles. The molecule has 1 atom stereocenters. The summed E-state index contributed by atoms with van der Waals surface area (Å²) in [6, 6.07) is -0.337. The summed E-state index contributed by atoms with van der Waals surface area (Å²) in [5.41, 5.74) is 0. The number of likely N-dealkylation sites (N-methyl/N-ethyl adjacent to an activating group) is 2. The molecule has 1 aliphatic heterocycles. The number of rotatable bonds is 1. The van der Waals surface area contributed by atoms with Gasteiger partial charge in [0.15, 0.2) is 0 Å². The van der Waals surface area contributed by atoms with Crippen LogP contribution in [0, 0.1) is 0 Å². The fourth-order valence-corrected chi connectivity index (χ4v) is 1.69. The molecule has 1 fully saturated rings. The highest BCUT2D eigenvalue weighted by molar-refractivity contribution is 5.87. The molecule has 1 saturated heterocycles. The van der Waals surface area contributed by atoms with Crippen molar-refractivity contribution in [3.63, 3.8) is 0 Å². The van der Waals surface area contributed by atoms with Gasteiger partial charge in [-0.1, -0.05) is 13.8 Å². The van der Waals surface area contributed by atoms with E-state index in [2.05, 4.69) is 10.2 Å². The predicted octanol–water partition coefficient (Wildman–Crippen LogP) is -0.0789. The Labute approximate surface area is 97.8 Å². The summed E-state index contributed by atoms with van der Waals surface area (Å²) >= 11 is 0. The van der Waals surface area contributed by atoms with E-state index in [-0.39, 0.29) is 17.9 Å². The third kappa shape index (κ3) is 3.81. The SMILES string of the molecule is CC.CNC(=O)C1CN(C)CCN1C(C)=O. The Bertz CT molecular complexity index is 243. The van der Waals surface area contributed by atoms with Gasteiger partial charge in [0.05, 0.1) is 0 Å². The highest BCUT2D eigenvalue weighted by Gasteiger charge is 2.31. The van der Waals surface area contributed by atoms with E-state index in [0.29, 0.717) is 13.1 Å². The van der Waals surface area contributed by atoms with Gasteiger partial charge in [0.1, 0.15) is 6.04 Å². The van der Waals surface area contributed by atoms with Gasteiger partial charge >= 0.3 is 0 Å². The topological polar surface area (TPSA) is 52.7 Å². The van der Waals surface area contributed by atoms with Crippen LogP contribution in [0.2, 0.25) is 0 Å². The van der Waals surface area contributed by atoms with Gasteiger partial charge in [-0.15, -0.1) is 0 Å². The zero-order valence-electron chi connectivity index (χ0n) is 10.9. The molecule has 0 radical (unpaired) electrons. The lowest BCUT2D eigenvalue weighted by Gasteiger charge is -2.38. The standard InChI is InChI=1S/C9H17N3O2.C2H6/c1-7(13)12-5-4-11(3)6-8(12)9(14)10-2;1-2/h8H,4-6H2,1-3H3,(H,10,14);1-2H3. The minimum absolute atomic E-state index is 0.0355. The Kier molecular flexibility index (Phi) is 6.72. The Morgan fingerprint density at radius 1 is 1.25 bits per heavy atom. The quantitative estimate of drug-likeness (QED) is 0.684. The maximum Gasteiger partial charge on any atom is 0.243 e. The predicted molar refractivity (Wildman–Crippen MR) is 64.1 cm³/mol. The van der Waals surface area contributed by atoms with Crippen LogP contribution in [0.1, 0.15) is 20.8 Å². The van der Waals surface area contributed by atoms with Gasteiger partial charge in [0.25, 0.3) is 0 Å². The van der Waals surface area contributed by atoms with E-state index in [0.717, 1.165) is 6.54 Å². The molecule has 0 saturated carbocycles. The number of hydrogen-bond donors (Lipinski definition) is 1. The van der Waals surface area contributed by atoms with Crippen LogP contribution >= 0.6 is 0 Å². The summed E-state index contributed by atoms with van der Waals surface area (Å²) in [6.45, 7) is 7.57. The largest absolute Gasteiger partial charge is 0.357 e. The first-order valence-electron chi connectivity index (χ1n) is 5.73. The van der Waals surface area contributed by atoms with E-state index >= 15 is 0 Å². The van der Waals surface area contributed by atoms with Crippen molar-refractivity contribution >= 4 is 11.8 Å². The zero-order valence-corrected chi connectivity index (χ0v) is 10.9. The van der Waals surface area contributed by atoms with Gasteiger partial charge in [-0.2, -0.15) is 0 Å². The number of amides is 2. The third-order valence-electron chi connectivity index (χ3n) is 2.54. The second kappa shape index (κ2) is 7.22. The van der Waals surface area contributed by atoms with Crippen LogP contribution in [0.5, 0.6) is 0 Å². The van der Waals surface area contributed by atoms with Crippen LogP contribution in [0.4, 0.5) is 0 Å². The summed E-state index contributed by atoms with van der Waals surface area (Å²) in [4.78, 5) is 26.4. The monoisotopic (exact) mass is 229 g/mol. The fraction of sp³-hybridized carbons (Fsp3) is 0.818. The van der Waals surface area contributed by atoms with Crippen LogP contribution in [0.15, 0.2) is 0 Å². The molecule has 0 aromatic rings. The maximum atomic E-state index is 11.5. The van der Waals surface area contributed by atoms with Crippen molar-refractivity contribution < 1.29 is 9.59 Å². The van der Waals surface area contributed by atoms with Gasteiger partial charge in [-0.05, 0) is 7.05 Å². The number of nitrogens with zero attached hydrogens (tertiary/aromatic N) is 2. The normalized spacial score (nSPS) is 20.8. The molecular formula is C11H23N3O2. The molecule has 94 valence electrons. The highest BCUT2D eigenvalue weighted by Crippen LogP contribution is 2.08. The second-order valence-corrected chi connectivity index (χ2v) is 3.60. The first-order valence-corrected chi connectivity index (χ1v) is 5.73. The zero-order chi connectivity index (χ0) is 12.7. The summed E-state index contributed by atoms with van der Waals surface area (Å²) in [6.07, 6.45) is 0. The first-order chi connectivity index (χ1) is 7.56. The molecule has 1 rings (SSSR count). The molecule has 1 N–H and O–H groups in total. The third-order valence-corrected chi connectivity index (χ3v) is 2.54. The lowest BCUT2D eigenvalue weighted by atomic mass is 10.1. The van der Waals surface area contributed by atoms with E-state index in [9.17, 15) is 9.59 Å². The summed E-state index contributed by atoms with van der Waals surface area (Å²) < 4.78 is 0. The van der Waals surface area contributed by atoms with E-state index in [1.807, 2.05) is 20.9 Å². The molecule has 1 aliphatic rings. The lowest BCUT2D eigenvalue weighted by molar-refractivity contribution is -0.141. The van der Waals surface area contributed by atoms with Gasteiger partial charge < -0.3 is 15.1 Å². The number of piperazine rings is 1. The van der Waals surface area contributed by atoms with E-state index in [4.69, 9.17) is 0 Å². The summed E-state index contributed by atoms with van der Waals surface area (Å²) in [5.74, 6) is -0.126. The van der Waals surface area contributed by atoms with Crippen molar-refractivity contribution in [2.75, 3.05) is 33.7 Å². The van der Waals surface area contributed by atoms with Gasteiger partial charge in [-0.3, -0.25) is 9.59 Å². The molecule has 1 heterocycles. The van der Waals surface area contributed by atoms with Crippen LogP contribution in [-0.2, 0) is 9.59 Å². The minimum Gasteiger partial charge on any atom is -0.357 e. The Morgan fingerprint density at radius 3 is 2.25 bits per heavy atom. The number of carbonyl (C=O) groups is 2. The molecule has 0 aromatic carbocycles. The number of carbonyl (C=O) groups excluding carboxylic acids is 2. The van der Waals surface area contributed by atoms with Crippen molar-refractivity contribution in [1.29, 1.82) is 0 Å². The van der Waals surface area contributed by atoms with Crippen LogP contribution in [0.25, 0.3) is 0 Å². The molecule has 0 aromatic heterocycles. The molecule has 1 unspecified atom stereocenters. The van der Waals surface area contributed by atoms with Crippen molar-refractivity contribution in [2.24, 2.45) is 0 Å². The molecule has 5 nitrogen and oxygen atoms in total. The molecular weight excluding hydrogens is 206 g/mol. The van der Waals surface area contributed by atoms with Gasteiger partial charge in [-0.25, -0.2) is 0 Å². The first kappa shape index (κ1) is 14.9. The Morgan fingerprint density at radius 2 is 1.81 bits per heavy atom. The smallest absolute Gasteiger partial charge is 0.243 e. The average molecular weight is 229 g/mol. The average Bonchev–Trinajstić information content (AvgIpc) is 2.30. The number of nitrogens with one attached hydrogen (secondary N) is 1. The van der Waals surface area contributed by atoms with Gasteiger partial charge in [0, 0.05) is 33.6 Å². The van der Waals surface area contributed by atoms with E-state index in [1.54, 1.807) is 11.9 Å². The second-order valence-electron chi connectivity index (χ2n) is 3.60. The molecule has 0 bridgehead atoms. The van der Waals surface area contributed by atoms with Crippen molar-refractivity contribution in [1.82, 2.24) is 15.1 Å². The highest BCUT2D eigenvalue weighted by atomic mass is 16.2. The van der Waals surface area contributed by atoms with Crippen LogP contribution in [-0.4, -0.2) is 61.4 Å². The van der Waals surface area contributed by atoms with Gasteiger partial charge in [0.2, 0.25) is 11.8 Å². The number of hydrogen-bond acceptors (Lipinski definition) is 3. The maximum absolute atomic E-state index is 11.5. The Hall–Kier alpha value is -1.10. The van der Waals surface area contributed by atoms with Crippen LogP contribution < -0.4 is 5.32 Å². The molecule has 2 amide bonds. The minimum atomic E-state index is -0.337. The van der Waals surface area contributed by atoms with Crippen LogP contribution in [0.3, 0.4) is 0 Å². The summed E-state index contributed by atoms with van der Waals surface area (Å²) in [5, 5.41) is 2.58. The Balaban J connectivity index is 0.00000106. The fourth-order valence-electron chi connectivity index (χ4n) is 1.69. The van der Waals surface area contributed by atoms with E-state index < -0.39 is 0 Å².